The van der Waals surface area contributed by atoms with Crippen LogP contribution in [0.2, 0.25) is 0 Å². The summed E-state index contributed by atoms with van der Waals surface area (Å²) in [6.07, 6.45) is 1.21. The Kier molecular flexibility index (Phi) is 5.53. The maximum atomic E-state index is 13.1. The van der Waals surface area contributed by atoms with Gasteiger partial charge in [-0.1, -0.05) is 30.3 Å². The molecule has 8 nitrogen and oxygen atoms in total. The third-order valence-corrected chi connectivity index (χ3v) is 6.33. The van der Waals surface area contributed by atoms with E-state index in [9.17, 15) is 9.59 Å². The SMILES string of the molecule is NC(=O)C1CC(C(=O)N2CCN(Cc3ccc4c(c3)CCO4)CC2)=NN1c1ccccc1. The van der Waals surface area contributed by atoms with E-state index in [1.54, 1.807) is 5.01 Å². The summed E-state index contributed by atoms with van der Waals surface area (Å²) in [4.78, 5) is 29.3. The van der Waals surface area contributed by atoms with E-state index in [4.69, 9.17) is 10.5 Å². The van der Waals surface area contributed by atoms with E-state index in [0.717, 1.165) is 44.1 Å². The van der Waals surface area contributed by atoms with Gasteiger partial charge in [0.25, 0.3) is 5.91 Å². The lowest BCUT2D eigenvalue weighted by molar-refractivity contribution is -0.125. The fourth-order valence-corrected chi connectivity index (χ4v) is 4.57. The van der Waals surface area contributed by atoms with Crippen LogP contribution >= 0.6 is 0 Å². The van der Waals surface area contributed by atoms with Gasteiger partial charge in [-0.2, -0.15) is 5.10 Å². The molecule has 0 spiro atoms. The van der Waals surface area contributed by atoms with Gasteiger partial charge in [0.05, 0.1) is 12.3 Å². The lowest BCUT2D eigenvalue weighted by Gasteiger charge is -2.34. The van der Waals surface area contributed by atoms with Crippen molar-refractivity contribution in [2.75, 3.05) is 37.8 Å². The summed E-state index contributed by atoms with van der Waals surface area (Å²) in [5.74, 6) is 0.411. The molecule has 0 aromatic heterocycles. The number of amides is 2. The number of hydrogen-bond donors (Lipinski definition) is 1. The highest BCUT2D eigenvalue weighted by Crippen LogP contribution is 2.27. The zero-order chi connectivity index (χ0) is 22.1. The molecule has 32 heavy (non-hydrogen) atoms. The molecule has 1 fully saturated rings. The molecule has 1 atom stereocenters. The van der Waals surface area contributed by atoms with E-state index in [1.807, 2.05) is 35.2 Å². The van der Waals surface area contributed by atoms with Crippen LogP contribution in [0.25, 0.3) is 0 Å². The van der Waals surface area contributed by atoms with Crippen molar-refractivity contribution in [3.63, 3.8) is 0 Å². The largest absolute Gasteiger partial charge is 0.493 e. The molecule has 8 heteroatoms. The third-order valence-electron chi connectivity index (χ3n) is 6.33. The van der Waals surface area contributed by atoms with Crippen molar-refractivity contribution in [2.45, 2.75) is 25.4 Å². The summed E-state index contributed by atoms with van der Waals surface area (Å²) in [7, 11) is 0. The number of anilines is 1. The van der Waals surface area contributed by atoms with Crippen LogP contribution in [0.1, 0.15) is 17.5 Å². The highest BCUT2D eigenvalue weighted by atomic mass is 16.5. The van der Waals surface area contributed by atoms with Crippen LogP contribution < -0.4 is 15.5 Å². The van der Waals surface area contributed by atoms with Gasteiger partial charge in [-0.3, -0.25) is 19.5 Å². The number of carbonyl (C=O) groups is 2. The van der Waals surface area contributed by atoms with Crippen LogP contribution in [0, 0.1) is 0 Å². The third kappa shape index (κ3) is 4.05. The molecule has 3 aliphatic heterocycles. The van der Waals surface area contributed by atoms with E-state index >= 15 is 0 Å². The van der Waals surface area contributed by atoms with Crippen molar-refractivity contribution < 1.29 is 14.3 Å². The molecule has 0 saturated carbocycles. The van der Waals surface area contributed by atoms with Gasteiger partial charge < -0.3 is 15.4 Å². The fourth-order valence-electron chi connectivity index (χ4n) is 4.57. The lowest BCUT2D eigenvalue weighted by atomic mass is 10.1. The molecule has 0 bridgehead atoms. The molecule has 0 radical (unpaired) electrons. The Balaban J connectivity index is 1.21. The Morgan fingerprint density at radius 2 is 1.84 bits per heavy atom. The quantitative estimate of drug-likeness (QED) is 0.769. The second-order valence-corrected chi connectivity index (χ2v) is 8.46. The van der Waals surface area contributed by atoms with Crippen molar-refractivity contribution in [1.29, 1.82) is 0 Å². The highest BCUT2D eigenvalue weighted by Gasteiger charge is 2.37. The van der Waals surface area contributed by atoms with Crippen LogP contribution in [0.15, 0.2) is 53.6 Å². The van der Waals surface area contributed by atoms with Gasteiger partial charge >= 0.3 is 0 Å². The molecule has 2 amide bonds. The Labute approximate surface area is 187 Å². The Hall–Kier alpha value is -3.39. The number of nitrogens with two attached hydrogens (primary N) is 1. The molecule has 166 valence electrons. The van der Waals surface area contributed by atoms with E-state index in [2.05, 4.69) is 28.2 Å². The minimum Gasteiger partial charge on any atom is -0.493 e. The number of primary amides is 1. The Morgan fingerprint density at radius 3 is 2.59 bits per heavy atom. The second kappa shape index (κ2) is 8.63. The molecule has 3 aliphatic rings. The van der Waals surface area contributed by atoms with Gasteiger partial charge in [0.2, 0.25) is 5.91 Å². The normalized spacial score (nSPS) is 20.6. The Bertz CT molecular complexity index is 1050. The minimum atomic E-state index is -0.638. The van der Waals surface area contributed by atoms with Crippen molar-refractivity contribution in [3.8, 4) is 5.75 Å². The molecular formula is C24H27N5O3. The van der Waals surface area contributed by atoms with Crippen molar-refractivity contribution in [3.05, 3.63) is 59.7 Å². The van der Waals surface area contributed by atoms with Crippen molar-refractivity contribution in [2.24, 2.45) is 10.8 Å². The summed E-state index contributed by atoms with van der Waals surface area (Å²) in [5, 5.41) is 6.06. The van der Waals surface area contributed by atoms with E-state index < -0.39 is 11.9 Å². The van der Waals surface area contributed by atoms with E-state index in [0.29, 0.717) is 18.8 Å². The number of piperazine rings is 1. The van der Waals surface area contributed by atoms with Gasteiger partial charge in [0.1, 0.15) is 17.5 Å². The molecule has 0 aliphatic carbocycles. The van der Waals surface area contributed by atoms with Gasteiger partial charge in [-0.25, -0.2) is 0 Å². The number of benzene rings is 2. The summed E-state index contributed by atoms with van der Waals surface area (Å²) in [5.41, 5.74) is 9.30. The van der Waals surface area contributed by atoms with Crippen molar-refractivity contribution in [1.82, 2.24) is 9.80 Å². The summed E-state index contributed by atoms with van der Waals surface area (Å²) in [6, 6.07) is 15.1. The molecule has 2 aromatic rings. The number of para-hydroxylation sites is 1. The number of fused-ring (bicyclic) bond motifs is 1. The van der Waals surface area contributed by atoms with Gasteiger partial charge in [-0.05, 0) is 29.3 Å². The topological polar surface area (TPSA) is 91.5 Å². The predicted octanol–water partition coefficient (Wildman–Crippen LogP) is 1.39. The van der Waals surface area contributed by atoms with Crippen LogP contribution in [-0.4, -0.2) is 66.2 Å². The van der Waals surface area contributed by atoms with Crippen LogP contribution in [0.4, 0.5) is 5.69 Å². The monoisotopic (exact) mass is 433 g/mol. The molecule has 3 heterocycles. The molecule has 5 rings (SSSR count). The summed E-state index contributed by atoms with van der Waals surface area (Å²) < 4.78 is 5.59. The number of nitrogens with zero attached hydrogens (tertiary/aromatic N) is 4. The summed E-state index contributed by atoms with van der Waals surface area (Å²) >= 11 is 0. The molecule has 1 unspecified atom stereocenters. The second-order valence-electron chi connectivity index (χ2n) is 8.46. The van der Waals surface area contributed by atoms with Crippen LogP contribution in [0.5, 0.6) is 5.75 Å². The smallest absolute Gasteiger partial charge is 0.270 e. The first-order chi connectivity index (χ1) is 15.6. The van der Waals surface area contributed by atoms with Crippen LogP contribution in [-0.2, 0) is 22.6 Å². The molecule has 2 aromatic carbocycles. The first kappa shape index (κ1) is 20.5. The molecule has 2 N–H and O–H groups in total. The standard InChI is InChI=1S/C24H27N5O3/c25-23(30)21-15-20(26-29(21)19-4-2-1-3-5-19)24(31)28-11-9-27(10-12-28)16-17-6-7-22-18(14-17)8-13-32-22/h1-7,14,21H,8-13,15-16H2,(H2,25,30). The number of carbonyl (C=O) groups excluding carboxylic acids is 2. The lowest BCUT2D eigenvalue weighted by Crippen LogP contribution is -2.50. The first-order valence-corrected chi connectivity index (χ1v) is 11.1. The summed E-state index contributed by atoms with van der Waals surface area (Å²) in [6.45, 7) is 4.50. The maximum Gasteiger partial charge on any atom is 0.270 e. The molecule has 1 saturated heterocycles. The zero-order valence-electron chi connectivity index (χ0n) is 17.9. The fraction of sp³-hybridized carbons (Fsp3) is 0.375. The molecular weight excluding hydrogens is 406 g/mol. The van der Waals surface area contributed by atoms with Gasteiger partial charge in [0, 0.05) is 45.6 Å². The Morgan fingerprint density at radius 1 is 1.06 bits per heavy atom. The minimum absolute atomic E-state index is 0.107. The average Bonchev–Trinajstić information content (AvgIpc) is 3.47. The first-order valence-electron chi connectivity index (χ1n) is 11.1. The number of ether oxygens (including phenoxy) is 1. The van der Waals surface area contributed by atoms with E-state index in [1.165, 1.54) is 11.1 Å². The number of rotatable bonds is 5. The van der Waals surface area contributed by atoms with Gasteiger partial charge in [-0.15, -0.1) is 0 Å². The number of hydrazone groups is 1. The van der Waals surface area contributed by atoms with Crippen LogP contribution in [0.3, 0.4) is 0 Å². The maximum absolute atomic E-state index is 13.1. The van der Waals surface area contributed by atoms with Gasteiger partial charge in [0.15, 0.2) is 0 Å². The van der Waals surface area contributed by atoms with E-state index in [-0.39, 0.29) is 12.3 Å². The average molecular weight is 434 g/mol. The van der Waals surface area contributed by atoms with Crippen molar-refractivity contribution >= 4 is 23.2 Å². The predicted molar refractivity (Wildman–Crippen MR) is 121 cm³/mol. The number of hydrogen-bond acceptors (Lipinski definition) is 6. The zero-order valence-corrected chi connectivity index (χ0v) is 17.9. The highest BCUT2D eigenvalue weighted by molar-refractivity contribution is 6.40.